The number of hydrogen-bond acceptors (Lipinski definition) is 2. The number of rotatable bonds is 1. The number of nitrogens with zero attached hydrogens (tertiary/aromatic N) is 1. The van der Waals surface area contributed by atoms with Gasteiger partial charge < -0.3 is 0 Å². The van der Waals surface area contributed by atoms with Gasteiger partial charge in [0, 0.05) is 23.4 Å². The number of hydrogen-bond donors (Lipinski definition) is 0. The van der Waals surface area contributed by atoms with Crippen molar-refractivity contribution < 1.29 is 0 Å². The SMILES string of the molecule is CCC1C2CCSC2CN1C(C)(C)C. The van der Waals surface area contributed by atoms with Crippen molar-refractivity contribution in [1.29, 1.82) is 0 Å². The second-order valence-corrected chi connectivity index (χ2v) is 7.01. The monoisotopic (exact) mass is 213 g/mol. The molecule has 0 aromatic rings. The first-order valence-corrected chi connectivity index (χ1v) is 6.97. The van der Waals surface area contributed by atoms with Crippen LogP contribution in [-0.2, 0) is 0 Å². The van der Waals surface area contributed by atoms with Gasteiger partial charge in [-0.3, -0.25) is 4.90 Å². The fourth-order valence-electron chi connectivity index (χ4n) is 3.15. The van der Waals surface area contributed by atoms with Crippen LogP contribution in [0, 0.1) is 5.92 Å². The largest absolute Gasteiger partial charge is 0.294 e. The maximum Gasteiger partial charge on any atom is 0.0218 e. The molecule has 1 nitrogen and oxygen atoms in total. The molecule has 0 radical (unpaired) electrons. The molecule has 0 aromatic carbocycles. The molecule has 2 heteroatoms. The summed E-state index contributed by atoms with van der Waals surface area (Å²) in [6.45, 7) is 10.8. The molecule has 3 unspecified atom stereocenters. The van der Waals surface area contributed by atoms with E-state index in [2.05, 4.69) is 44.4 Å². The molecule has 2 aliphatic heterocycles. The van der Waals surface area contributed by atoms with Crippen molar-refractivity contribution in [2.75, 3.05) is 12.3 Å². The van der Waals surface area contributed by atoms with Crippen LogP contribution in [0.1, 0.15) is 40.5 Å². The van der Waals surface area contributed by atoms with E-state index in [1.54, 1.807) is 0 Å². The van der Waals surface area contributed by atoms with Crippen molar-refractivity contribution in [1.82, 2.24) is 4.90 Å². The lowest BCUT2D eigenvalue weighted by Gasteiger charge is -2.38. The van der Waals surface area contributed by atoms with Gasteiger partial charge in [0.25, 0.3) is 0 Å². The van der Waals surface area contributed by atoms with Crippen LogP contribution in [0.2, 0.25) is 0 Å². The first-order chi connectivity index (χ1) is 6.54. The van der Waals surface area contributed by atoms with Gasteiger partial charge in [0.15, 0.2) is 0 Å². The van der Waals surface area contributed by atoms with Gasteiger partial charge >= 0.3 is 0 Å². The maximum absolute atomic E-state index is 2.74. The summed E-state index contributed by atoms with van der Waals surface area (Å²) in [5.74, 6) is 2.40. The number of fused-ring (bicyclic) bond motifs is 1. The summed E-state index contributed by atoms with van der Waals surface area (Å²) in [7, 11) is 0. The number of thioether (sulfide) groups is 1. The molecule has 2 heterocycles. The van der Waals surface area contributed by atoms with E-state index in [1.807, 2.05) is 0 Å². The average molecular weight is 213 g/mol. The van der Waals surface area contributed by atoms with Crippen LogP contribution in [0.4, 0.5) is 0 Å². The second-order valence-electron chi connectivity index (χ2n) is 5.66. The van der Waals surface area contributed by atoms with Crippen molar-refractivity contribution >= 4 is 11.8 Å². The Morgan fingerprint density at radius 2 is 2.07 bits per heavy atom. The lowest BCUT2D eigenvalue weighted by atomic mass is 9.94. The smallest absolute Gasteiger partial charge is 0.0218 e. The third-order valence-electron chi connectivity index (χ3n) is 3.81. The van der Waals surface area contributed by atoms with Gasteiger partial charge in [-0.2, -0.15) is 11.8 Å². The third-order valence-corrected chi connectivity index (χ3v) is 5.21. The molecule has 2 aliphatic rings. The molecular formula is C12H23NS. The minimum Gasteiger partial charge on any atom is -0.294 e. The molecule has 2 fully saturated rings. The number of likely N-dealkylation sites (tertiary alicyclic amines) is 1. The summed E-state index contributed by atoms with van der Waals surface area (Å²) in [5, 5.41) is 0.944. The Labute approximate surface area is 92.6 Å². The van der Waals surface area contributed by atoms with Gasteiger partial charge in [-0.05, 0) is 45.3 Å². The van der Waals surface area contributed by atoms with Gasteiger partial charge in [-0.1, -0.05) is 6.92 Å². The highest BCUT2D eigenvalue weighted by Gasteiger charge is 2.46. The van der Waals surface area contributed by atoms with Crippen molar-refractivity contribution in [2.24, 2.45) is 5.92 Å². The molecular weight excluding hydrogens is 190 g/mol. The van der Waals surface area contributed by atoms with Crippen LogP contribution in [-0.4, -0.2) is 34.0 Å². The zero-order valence-electron chi connectivity index (χ0n) is 9.92. The van der Waals surface area contributed by atoms with Gasteiger partial charge in [-0.25, -0.2) is 0 Å². The molecule has 0 saturated carbocycles. The molecule has 14 heavy (non-hydrogen) atoms. The van der Waals surface area contributed by atoms with E-state index in [9.17, 15) is 0 Å². The van der Waals surface area contributed by atoms with E-state index in [0.717, 1.165) is 17.2 Å². The second kappa shape index (κ2) is 3.71. The predicted molar refractivity (Wildman–Crippen MR) is 64.9 cm³/mol. The standard InChI is InChI=1S/C12H23NS/c1-5-10-9-6-7-14-11(9)8-13(10)12(2,3)4/h9-11H,5-8H2,1-4H3. The van der Waals surface area contributed by atoms with Gasteiger partial charge in [0.05, 0.1) is 0 Å². The van der Waals surface area contributed by atoms with Crippen molar-refractivity contribution in [3.63, 3.8) is 0 Å². The lowest BCUT2D eigenvalue weighted by Crippen LogP contribution is -2.45. The van der Waals surface area contributed by atoms with Crippen LogP contribution >= 0.6 is 11.8 Å². The zero-order chi connectivity index (χ0) is 10.3. The summed E-state index contributed by atoms with van der Waals surface area (Å²) in [6.07, 6.45) is 2.79. The van der Waals surface area contributed by atoms with Crippen LogP contribution in [0.15, 0.2) is 0 Å². The van der Waals surface area contributed by atoms with Gasteiger partial charge in [-0.15, -0.1) is 0 Å². The summed E-state index contributed by atoms with van der Waals surface area (Å²) >= 11 is 2.21. The summed E-state index contributed by atoms with van der Waals surface area (Å²) < 4.78 is 0. The Balaban J connectivity index is 2.14. The average Bonchev–Trinajstić information content (AvgIpc) is 2.58. The molecule has 3 atom stereocenters. The third kappa shape index (κ3) is 1.71. The van der Waals surface area contributed by atoms with E-state index in [-0.39, 0.29) is 0 Å². The predicted octanol–water partition coefficient (Wildman–Crippen LogP) is 3.00. The highest BCUT2D eigenvalue weighted by Crippen LogP contribution is 2.45. The van der Waals surface area contributed by atoms with Crippen LogP contribution in [0.5, 0.6) is 0 Å². The Morgan fingerprint density at radius 1 is 1.36 bits per heavy atom. The van der Waals surface area contributed by atoms with E-state index in [0.29, 0.717) is 5.54 Å². The molecule has 0 N–H and O–H groups in total. The van der Waals surface area contributed by atoms with Crippen molar-refractivity contribution in [3.05, 3.63) is 0 Å². The van der Waals surface area contributed by atoms with Gasteiger partial charge in [0.2, 0.25) is 0 Å². The fraction of sp³-hybridized carbons (Fsp3) is 1.00. The minimum absolute atomic E-state index is 0.367. The Morgan fingerprint density at radius 3 is 2.64 bits per heavy atom. The first-order valence-electron chi connectivity index (χ1n) is 5.92. The molecule has 0 bridgehead atoms. The Bertz CT molecular complexity index is 209. The van der Waals surface area contributed by atoms with Crippen molar-refractivity contribution in [3.8, 4) is 0 Å². The summed E-state index contributed by atoms with van der Waals surface area (Å²) in [6, 6.07) is 0.856. The highest BCUT2D eigenvalue weighted by molar-refractivity contribution is 8.00. The molecule has 0 aliphatic carbocycles. The van der Waals surface area contributed by atoms with Crippen LogP contribution in [0.25, 0.3) is 0 Å². The first kappa shape index (κ1) is 10.8. The van der Waals surface area contributed by atoms with Gasteiger partial charge in [0.1, 0.15) is 0 Å². The van der Waals surface area contributed by atoms with Crippen LogP contribution < -0.4 is 0 Å². The van der Waals surface area contributed by atoms with E-state index >= 15 is 0 Å². The summed E-state index contributed by atoms with van der Waals surface area (Å²) in [4.78, 5) is 2.74. The molecule has 0 amide bonds. The summed E-state index contributed by atoms with van der Waals surface area (Å²) in [5.41, 5.74) is 0.367. The minimum atomic E-state index is 0.367. The van der Waals surface area contributed by atoms with Crippen molar-refractivity contribution in [2.45, 2.75) is 57.4 Å². The van der Waals surface area contributed by atoms with E-state index in [4.69, 9.17) is 0 Å². The molecule has 82 valence electrons. The van der Waals surface area contributed by atoms with E-state index in [1.165, 1.54) is 25.1 Å². The Kier molecular flexibility index (Phi) is 2.87. The normalized spacial score (nSPS) is 39.0. The Hall–Kier alpha value is 0.310. The van der Waals surface area contributed by atoms with E-state index < -0.39 is 0 Å². The fourth-order valence-corrected chi connectivity index (χ4v) is 4.69. The van der Waals surface area contributed by atoms with Crippen LogP contribution in [0.3, 0.4) is 0 Å². The topological polar surface area (TPSA) is 3.24 Å². The maximum atomic E-state index is 2.74. The lowest BCUT2D eigenvalue weighted by molar-refractivity contribution is 0.104. The highest BCUT2D eigenvalue weighted by atomic mass is 32.2. The molecule has 0 spiro atoms. The molecule has 2 rings (SSSR count). The molecule has 2 saturated heterocycles. The zero-order valence-corrected chi connectivity index (χ0v) is 10.7. The quantitative estimate of drug-likeness (QED) is 0.659. The molecule has 0 aromatic heterocycles.